The van der Waals surface area contributed by atoms with E-state index in [1.165, 1.54) is 4.90 Å². The molecule has 1 nitrogen and oxygen atoms in total. The maximum Gasteiger partial charge on any atom is 0.0238 e. The van der Waals surface area contributed by atoms with Crippen LogP contribution < -0.4 is 0 Å². The second-order valence-electron chi connectivity index (χ2n) is 2.49. The Balaban J connectivity index is 2.63. The molecule has 0 atom stereocenters. The van der Waals surface area contributed by atoms with Crippen molar-refractivity contribution in [1.29, 1.82) is 0 Å². The SMILES string of the molecule is C=Cc1ccc(SN(C)SC)cc1. The summed E-state index contributed by atoms with van der Waals surface area (Å²) < 4.78 is 2.11. The van der Waals surface area contributed by atoms with Crippen LogP contribution in [0.4, 0.5) is 0 Å². The molecule has 1 aromatic rings. The molecule has 0 spiro atoms. The summed E-state index contributed by atoms with van der Waals surface area (Å²) in [4.78, 5) is 1.25. The van der Waals surface area contributed by atoms with Crippen LogP contribution >= 0.6 is 23.9 Å². The molecule has 0 heterocycles. The number of hydrogen-bond acceptors (Lipinski definition) is 3. The zero-order valence-electron chi connectivity index (χ0n) is 7.86. The molecule has 0 aromatic heterocycles. The minimum atomic E-state index is 1.16. The molecule has 0 N–H and O–H groups in total. The van der Waals surface area contributed by atoms with Gasteiger partial charge in [-0.3, -0.25) is 0 Å². The van der Waals surface area contributed by atoms with Crippen molar-refractivity contribution >= 4 is 30.0 Å². The minimum Gasteiger partial charge on any atom is -0.193 e. The number of nitrogens with zero attached hydrogens (tertiary/aromatic N) is 1. The molecule has 0 saturated carbocycles. The van der Waals surface area contributed by atoms with Crippen LogP contribution in [0.3, 0.4) is 0 Å². The molecule has 1 aromatic carbocycles. The fraction of sp³-hybridized carbons (Fsp3) is 0.200. The number of rotatable bonds is 4. The molecule has 0 aliphatic rings. The lowest BCUT2D eigenvalue weighted by molar-refractivity contribution is 0.947. The lowest BCUT2D eigenvalue weighted by Gasteiger charge is -2.10. The summed E-state index contributed by atoms with van der Waals surface area (Å²) in [6.07, 6.45) is 3.91. The Morgan fingerprint density at radius 2 is 1.92 bits per heavy atom. The third-order valence-corrected chi connectivity index (χ3v) is 3.53. The Morgan fingerprint density at radius 3 is 2.38 bits per heavy atom. The molecule has 0 aliphatic heterocycles. The molecule has 0 bridgehead atoms. The molecule has 0 unspecified atom stereocenters. The van der Waals surface area contributed by atoms with Crippen molar-refractivity contribution in [2.75, 3.05) is 13.3 Å². The van der Waals surface area contributed by atoms with Crippen molar-refractivity contribution in [3.05, 3.63) is 36.4 Å². The quantitative estimate of drug-likeness (QED) is 0.701. The Kier molecular flexibility index (Phi) is 4.42. The molecule has 1 rings (SSSR count). The van der Waals surface area contributed by atoms with Crippen molar-refractivity contribution in [2.24, 2.45) is 0 Å². The van der Waals surface area contributed by atoms with Gasteiger partial charge < -0.3 is 0 Å². The lowest BCUT2D eigenvalue weighted by atomic mass is 10.2. The third-order valence-electron chi connectivity index (χ3n) is 1.61. The smallest absolute Gasteiger partial charge is 0.0238 e. The highest BCUT2D eigenvalue weighted by molar-refractivity contribution is 8.11. The molecule has 0 radical (unpaired) electrons. The van der Waals surface area contributed by atoms with Crippen LogP contribution in [0.15, 0.2) is 35.7 Å². The highest BCUT2D eigenvalue weighted by Gasteiger charge is 1.98. The first kappa shape index (κ1) is 10.7. The van der Waals surface area contributed by atoms with Crippen LogP contribution in [0, 0.1) is 0 Å². The summed E-state index contributed by atoms with van der Waals surface area (Å²) in [5, 5.41) is 0. The van der Waals surface area contributed by atoms with Crippen molar-refractivity contribution in [2.45, 2.75) is 4.90 Å². The zero-order valence-corrected chi connectivity index (χ0v) is 9.49. The van der Waals surface area contributed by atoms with E-state index in [0.717, 1.165) is 5.56 Å². The van der Waals surface area contributed by atoms with Crippen LogP contribution in [-0.2, 0) is 0 Å². The largest absolute Gasteiger partial charge is 0.193 e. The molecule has 70 valence electrons. The Labute approximate surface area is 88.5 Å². The molecule has 0 amide bonds. The predicted molar refractivity (Wildman–Crippen MR) is 63.7 cm³/mol. The van der Waals surface area contributed by atoms with E-state index in [0.29, 0.717) is 0 Å². The predicted octanol–water partition coefficient (Wildman–Crippen LogP) is 3.55. The minimum absolute atomic E-state index is 1.16. The second kappa shape index (κ2) is 5.37. The van der Waals surface area contributed by atoms with Crippen molar-refractivity contribution in [3.63, 3.8) is 0 Å². The van der Waals surface area contributed by atoms with Gasteiger partial charge in [-0.15, -0.1) is 0 Å². The summed E-state index contributed by atoms with van der Waals surface area (Å²) in [6, 6.07) is 8.36. The second-order valence-corrected chi connectivity index (χ2v) is 4.83. The first-order chi connectivity index (χ1) is 6.26. The maximum atomic E-state index is 3.72. The van der Waals surface area contributed by atoms with Gasteiger partial charge in [0.05, 0.1) is 0 Å². The van der Waals surface area contributed by atoms with Crippen molar-refractivity contribution in [1.82, 2.24) is 3.71 Å². The van der Waals surface area contributed by atoms with Gasteiger partial charge in [-0.05, 0) is 35.9 Å². The Hall–Kier alpha value is -0.380. The van der Waals surface area contributed by atoms with E-state index in [1.54, 1.807) is 23.9 Å². The van der Waals surface area contributed by atoms with Crippen LogP contribution in [0.1, 0.15) is 5.56 Å². The van der Waals surface area contributed by atoms with Gasteiger partial charge in [0.25, 0.3) is 0 Å². The summed E-state index contributed by atoms with van der Waals surface area (Å²) >= 11 is 3.43. The van der Waals surface area contributed by atoms with Crippen LogP contribution in [0.25, 0.3) is 6.08 Å². The van der Waals surface area contributed by atoms with Gasteiger partial charge in [0.1, 0.15) is 0 Å². The molecule has 0 fully saturated rings. The summed E-state index contributed by atoms with van der Waals surface area (Å²) in [6.45, 7) is 3.72. The van der Waals surface area contributed by atoms with Crippen LogP contribution in [0.2, 0.25) is 0 Å². The van der Waals surface area contributed by atoms with Gasteiger partial charge >= 0.3 is 0 Å². The van der Waals surface area contributed by atoms with Gasteiger partial charge in [-0.25, -0.2) is 0 Å². The average Bonchev–Trinajstić information content (AvgIpc) is 2.19. The lowest BCUT2D eigenvalue weighted by Crippen LogP contribution is -1.94. The Bertz CT molecular complexity index is 269. The maximum absolute atomic E-state index is 3.72. The van der Waals surface area contributed by atoms with E-state index >= 15 is 0 Å². The van der Waals surface area contributed by atoms with E-state index in [-0.39, 0.29) is 0 Å². The fourth-order valence-corrected chi connectivity index (χ4v) is 1.96. The summed E-state index contributed by atoms with van der Waals surface area (Å²) in [5.41, 5.74) is 1.16. The fourth-order valence-electron chi connectivity index (χ4n) is 0.850. The van der Waals surface area contributed by atoms with Gasteiger partial charge in [0.2, 0.25) is 0 Å². The van der Waals surface area contributed by atoms with Crippen molar-refractivity contribution in [3.8, 4) is 0 Å². The van der Waals surface area contributed by atoms with Gasteiger partial charge in [0.15, 0.2) is 0 Å². The van der Waals surface area contributed by atoms with E-state index in [2.05, 4.69) is 47.9 Å². The van der Waals surface area contributed by atoms with Crippen LogP contribution in [0.5, 0.6) is 0 Å². The van der Waals surface area contributed by atoms with E-state index in [4.69, 9.17) is 0 Å². The number of hydrogen-bond donors (Lipinski definition) is 0. The number of benzene rings is 1. The molecule has 13 heavy (non-hydrogen) atoms. The molecule has 3 heteroatoms. The first-order valence-electron chi connectivity index (χ1n) is 3.94. The van der Waals surface area contributed by atoms with Crippen molar-refractivity contribution < 1.29 is 0 Å². The monoisotopic (exact) mass is 211 g/mol. The van der Waals surface area contributed by atoms with E-state index < -0.39 is 0 Å². The molecule has 0 saturated heterocycles. The Morgan fingerprint density at radius 1 is 1.31 bits per heavy atom. The van der Waals surface area contributed by atoms with E-state index in [1.807, 2.05) is 6.08 Å². The highest BCUT2D eigenvalue weighted by Crippen LogP contribution is 2.25. The molecular formula is C10H13NS2. The zero-order chi connectivity index (χ0) is 9.68. The van der Waals surface area contributed by atoms with Gasteiger partial charge in [0, 0.05) is 11.9 Å². The highest BCUT2D eigenvalue weighted by atomic mass is 32.2. The normalized spacial score (nSPS) is 10.4. The van der Waals surface area contributed by atoms with Crippen LogP contribution in [-0.4, -0.2) is 17.0 Å². The average molecular weight is 211 g/mol. The third kappa shape index (κ3) is 3.46. The van der Waals surface area contributed by atoms with Gasteiger partial charge in [-0.2, -0.15) is 3.71 Å². The summed E-state index contributed by atoms with van der Waals surface area (Å²) in [5.74, 6) is 0. The van der Waals surface area contributed by atoms with E-state index in [9.17, 15) is 0 Å². The topological polar surface area (TPSA) is 3.24 Å². The standard InChI is InChI=1S/C10H13NS2/c1-4-9-5-7-10(8-6-9)13-11(2)12-3/h4-8H,1H2,2-3H3. The molecule has 0 aliphatic carbocycles. The van der Waals surface area contributed by atoms with Gasteiger partial charge in [-0.1, -0.05) is 36.7 Å². The summed E-state index contributed by atoms with van der Waals surface area (Å²) in [7, 11) is 2.05. The molecular weight excluding hydrogens is 198 g/mol. The first-order valence-corrected chi connectivity index (χ1v) is 5.90.